The first-order valence-corrected chi connectivity index (χ1v) is 27.6. The predicted octanol–water partition coefficient (Wildman–Crippen LogP) is 5.97. The van der Waals surface area contributed by atoms with Crippen LogP contribution in [0.15, 0.2) is 134 Å². The lowest BCUT2D eigenvalue weighted by Gasteiger charge is -2.28. The van der Waals surface area contributed by atoms with Crippen LogP contribution in [-0.4, -0.2) is 163 Å². The number of amides is 5. The first-order chi connectivity index (χ1) is 42.2. The molecule has 0 radical (unpaired) electrons. The maximum absolute atomic E-state index is 12.6. The minimum Gasteiger partial charge on any atom is -0.378 e. The lowest BCUT2D eigenvalue weighted by atomic mass is 10.2. The van der Waals surface area contributed by atoms with Crippen molar-refractivity contribution < 1.29 is 33.4 Å². The summed E-state index contributed by atoms with van der Waals surface area (Å²) in [5.41, 5.74) is 4.48. The number of anilines is 4. The number of carbonyl (C=O) groups excluding carboxylic acids is 5. The first kappa shape index (κ1) is 60.7. The third-order valence-electron chi connectivity index (χ3n) is 12.6. The Balaban J connectivity index is 0.000000156. The van der Waals surface area contributed by atoms with Crippen LogP contribution in [-0.2, 0) is 9.47 Å². The largest absolute Gasteiger partial charge is 0.378 e. The van der Waals surface area contributed by atoms with E-state index in [-0.39, 0.29) is 58.1 Å². The normalized spacial score (nSPS) is 12.8. The van der Waals surface area contributed by atoms with E-state index in [0.29, 0.717) is 96.4 Å². The van der Waals surface area contributed by atoms with Crippen molar-refractivity contribution in [3.05, 3.63) is 180 Å². The quantitative estimate of drug-likeness (QED) is 0.0974. The van der Waals surface area contributed by atoms with Gasteiger partial charge in [-0.2, -0.15) is 29.9 Å². The molecule has 1 aromatic carbocycles. The van der Waals surface area contributed by atoms with Crippen LogP contribution in [0.2, 0.25) is 0 Å². The van der Waals surface area contributed by atoms with E-state index in [4.69, 9.17) is 9.47 Å². The number of rotatable bonds is 14. The van der Waals surface area contributed by atoms with Gasteiger partial charge in [0.05, 0.1) is 37.6 Å². The van der Waals surface area contributed by atoms with Crippen molar-refractivity contribution in [1.82, 2.24) is 80.0 Å². The van der Waals surface area contributed by atoms with Crippen molar-refractivity contribution in [2.24, 2.45) is 5.92 Å². The monoisotopic (exact) mass is 1170 g/mol. The van der Waals surface area contributed by atoms with Gasteiger partial charge in [-0.05, 0) is 112 Å². The molecule has 0 spiro atoms. The number of aromatic nitrogens is 14. The highest BCUT2D eigenvalue weighted by molar-refractivity contribution is 6.05. The number of hydrogen-bond acceptors (Lipinski definition) is 22. The summed E-state index contributed by atoms with van der Waals surface area (Å²) in [6.07, 6.45) is 7.64. The van der Waals surface area contributed by atoms with Gasteiger partial charge in [0.1, 0.15) is 45.9 Å². The van der Waals surface area contributed by atoms with E-state index in [1.165, 1.54) is 30.6 Å². The van der Waals surface area contributed by atoms with Crippen LogP contribution < -0.4 is 26.2 Å². The molecule has 87 heavy (non-hydrogen) atoms. The summed E-state index contributed by atoms with van der Waals surface area (Å²) in [5.74, 6) is 1.71. The van der Waals surface area contributed by atoms with Gasteiger partial charge in [0.15, 0.2) is 17.5 Å². The second-order valence-electron chi connectivity index (χ2n) is 19.6. The van der Waals surface area contributed by atoms with Crippen molar-refractivity contribution >= 4 is 53.1 Å². The van der Waals surface area contributed by atoms with Crippen molar-refractivity contribution in [3.63, 3.8) is 0 Å². The van der Waals surface area contributed by atoms with Gasteiger partial charge in [-0.15, -0.1) is 0 Å². The van der Waals surface area contributed by atoms with E-state index in [0.717, 1.165) is 32.0 Å². The molecule has 442 valence electrons. The Morgan fingerprint density at radius 1 is 0.448 bits per heavy atom. The number of nitrogens with one attached hydrogen (secondary N) is 4. The molecule has 2 saturated heterocycles. The van der Waals surface area contributed by atoms with Crippen molar-refractivity contribution in [2.75, 3.05) is 80.0 Å². The number of pyridine rings is 5. The van der Waals surface area contributed by atoms with Gasteiger partial charge < -0.3 is 24.6 Å². The van der Waals surface area contributed by atoms with Gasteiger partial charge in [0.25, 0.3) is 29.5 Å². The standard InChI is InChI=1S/C20H19N7O3.C20H21N7O2.C20H20N6O2/c1-13-23-17(15-4-2-3-7-21-15)25-20(24-13)26-18(28)14-5-6-16(22-12-14)19(29)27-8-10-30-11-9-27;1-12(2)10-23-19(29)16-8-7-14(11-22-16)18(28)27-20-25-13(3)24-17(26-20)15-6-4-5-9-21-15;1-14-22-18(17-4-2-3-9-21-17)24-20(23-14)25-19(27)15-5-7-16(8-6-15)26-10-12-28-13-11-26/h2-7,12H,8-11H2,1H3,(H,23,24,25,26,28);4-9,11-12H,10H2,1-3H3,(H,23,29)(H,24,25,26,27,28);2-9H,10-13H2,1H3,(H,22,23,24,25,27). The number of benzene rings is 1. The van der Waals surface area contributed by atoms with E-state index >= 15 is 0 Å². The molecule has 4 N–H and O–H groups in total. The fraction of sp³-hybridized carbons (Fsp3) is 0.250. The number of aryl methyl sites for hydroxylation is 3. The lowest BCUT2D eigenvalue weighted by Crippen LogP contribution is -2.41. The molecule has 27 heteroatoms. The topological polar surface area (TPSA) is 339 Å². The molecule has 27 nitrogen and oxygen atoms in total. The molecule has 0 saturated carbocycles. The molecule has 8 aromatic heterocycles. The summed E-state index contributed by atoms with van der Waals surface area (Å²) in [6, 6.07) is 29.9. The van der Waals surface area contributed by atoms with Gasteiger partial charge in [-0.25, -0.2) is 15.0 Å². The smallest absolute Gasteiger partial charge is 0.272 e. The van der Waals surface area contributed by atoms with E-state index in [1.54, 1.807) is 86.7 Å². The number of hydrogen-bond donors (Lipinski definition) is 4. The second-order valence-corrected chi connectivity index (χ2v) is 19.6. The zero-order chi connectivity index (χ0) is 61.1. The fourth-order valence-corrected chi connectivity index (χ4v) is 8.24. The fourth-order valence-electron chi connectivity index (χ4n) is 8.24. The summed E-state index contributed by atoms with van der Waals surface area (Å²) >= 11 is 0. The summed E-state index contributed by atoms with van der Waals surface area (Å²) in [4.78, 5) is 125. The maximum atomic E-state index is 12.6. The van der Waals surface area contributed by atoms with Crippen molar-refractivity contribution in [1.29, 1.82) is 0 Å². The summed E-state index contributed by atoms with van der Waals surface area (Å²) in [7, 11) is 0. The number of nitrogens with zero attached hydrogens (tertiary/aromatic N) is 16. The Morgan fingerprint density at radius 3 is 1.24 bits per heavy atom. The molecule has 9 aromatic rings. The van der Waals surface area contributed by atoms with Crippen LogP contribution >= 0.6 is 0 Å². The number of ether oxygens (including phenoxy) is 2. The third-order valence-corrected chi connectivity index (χ3v) is 12.6. The van der Waals surface area contributed by atoms with Crippen molar-refractivity contribution in [2.45, 2.75) is 34.6 Å². The van der Waals surface area contributed by atoms with E-state index < -0.39 is 11.8 Å². The summed E-state index contributed by atoms with van der Waals surface area (Å²) in [6.45, 7) is 15.0. The zero-order valence-electron chi connectivity index (χ0n) is 48.2. The Hall–Kier alpha value is -10.9. The predicted molar refractivity (Wildman–Crippen MR) is 319 cm³/mol. The van der Waals surface area contributed by atoms with Gasteiger partial charge in [-0.3, -0.25) is 64.8 Å². The number of morpholine rings is 2. The van der Waals surface area contributed by atoms with Crippen LogP contribution in [0.3, 0.4) is 0 Å². The van der Waals surface area contributed by atoms with Crippen LogP contribution in [0.5, 0.6) is 0 Å². The van der Waals surface area contributed by atoms with E-state index in [1.807, 2.05) is 56.3 Å². The SMILES string of the molecule is Cc1nc(NC(=O)c2ccc(C(=O)N3CCOCC3)nc2)nc(-c2ccccn2)n1.Cc1nc(NC(=O)c2ccc(C(=O)NCC(C)C)nc2)nc(-c2ccccn2)n1.Cc1nc(NC(=O)c2ccc(N3CCOCC3)cc2)nc(-c2ccccn2)n1. The molecular weight excluding hydrogens is 1110 g/mol. The van der Waals surface area contributed by atoms with Crippen LogP contribution in [0.25, 0.3) is 34.6 Å². The molecule has 5 amide bonds. The molecule has 2 aliphatic rings. The first-order valence-electron chi connectivity index (χ1n) is 27.6. The van der Waals surface area contributed by atoms with Gasteiger partial charge in [-0.1, -0.05) is 32.0 Å². The second kappa shape index (κ2) is 29.5. The molecular formula is C60H60N20O7. The van der Waals surface area contributed by atoms with E-state index in [9.17, 15) is 24.0 Å². The molecule has 2 aliphatic heterocycles. The zero-order valence-corrected chi connectivity index (χ0v) is 48.2. The van der Waals surface area contributed by atoms with E-state index in [2.05, 4.69) is 95.9 Å². The van der Waals surface area contributed by atoms with Crippen LogP contribution in [0, 0.1) is 26.7 Å². The van der Waals surface area contributed by atoms with Gasteiger partial charge in [0.2, 0.25) is 17.8 Å². The minimum absolute atomic E-state index is 0.113. The highest BCUT2D eigenvalue weighted by Crippen LogP contribution is 2.20. The Bertz CT molecular complexity index is 3800. The molecule has 0 bridgehead atoms. The Labute approximate surface area is 499 Å². The molecule has 11 rings (SSSR count). The maximum Gasteiger partial charge on any atom is 0.272 e. The molecule has 10 heterocycles. The molecule has 2 fully saturated rings. The minimum atomic E-state index is -0.441. The average molecular weight is 1170 g/mol. The molecule has 0 atom stereocenters. The summed E-state index contributed by atoms with van der Waals surface area (Å²) < 4.78 is 10.6. The Kier molecular flexibility index (Phi) is 20.6. The van der Waals surface area contributed by atoms with Gasteiger partial charge >= 0.3 is 0 Å². The summed E-state index contributed by atoms with van der Waals surface area (Å²) in [5, 5.41) is 10.8. The average Bonchev–Trinajstić information content (AvgIpc) is 3.37. The molecule has 0 unspecified atom stereocenters. The lowest BCUT2D eigenvalue weighted by molar-refractivity contribution is 0.0299. The third kappa shape index (κ3) is 17.3. The highest BCUT2D eigenvalue weighted by atomic mass is 16.5. The van der Waals surface area contributed by atoms with Crippen LogP contribution in [0.1, 0.15) is 83.4 Å². The van der Waals surface area contributed by atoms with Crippen LogP contribution in [0.4, 0.5) is 23.5 Å². The Morgan fingerprint density at radius 2 is 0.851 bits per heavy atom. The van der Waals surface area contributed by atoms with Crippen molar-refractivity contribution in [3.8, 4) is 34.6 Å². The highest BCUT2D eigenvalue weighted by Gasteiger charge is 2.22. The molecule has 0 aliphatic carbocycles. The van der Waals surface area contributed by atoms with Gasteiger partial charge in [0, 0.05) is 75.0 Å². The number of carbonyl (C=O) groups is 5.